The Morgan fingerprint density at radius 1 is 1.35 bits per heavy atom. The average Bonchev–Trinajstić information content (AvgIpc) is 2.76. The Bertz CT molecular complexity index is 356. The highest BCUT2D eigenvalue weighted by molar-refractivity contribution is 5.85. The summed E-state index contributed by atoms with van der Waals surface area (Å²) in [5.41, 5.74) is 1.38. The molecule has 1 heterocycles. The molecule has 0 aliphatic carbocycles. The number of hydrogen-bond donors (Lipinski definition) is 1. The van der Waals surface area contributed by atoms with Gasteiger partial charge in [0.2, 0.25) is 0 Å². The largest absolute Gasteiger partial charge is 0.481 e. The molecule has 0 spiro atoms. The maximum Gasteiger partial charge on any atom is 0.304 e. The van der Waals surface area contributed by atoms with E-state index in [0.29, 0.717) is 12.5 Å². The minimum absolute atomic E-state index is 0. The fourth-order valence-corrected chi connectivity index (χ4v) is 2.29. The predicted molar refractivity (Wildman–Crippen MR) is 69.7 cm³/mol. The highest BCUT2D eigenvalue weighted by atomic mass is 35.5. The molecule has 1 aromatic rings. The second-order valence-electron chi connectivity index (χ2n) is 4.34. The van der Waals surface area contributed by atoms with Crippen molar-refractivity contribution in [2.24, 2.45) is 0 Å². The quantitative estimate of drug-likeness (QED) is 0.898. The molecule has 1 aromatic carbocycles. The fraction of sp³-hybridized carbons (Fsp3) is 0.462. The van der Waals surface area contributed by atoms with Crippen LogP contribution in [0, 0.1) is 0 Å². The third-order valence-corrected chi connectivity index (χ3v) is 3.19. The number of carbonyl (C=O) groups is 1. The van der Waals surface area contributed by atoms with Crippen molar-refractivity contribution >= 4 is 18.4 Å². The van der Waals surface area contributed by atoms with Crippen LogP contribution in [0.25, 0.3) is 0 Å². The summed E-state index contributed by atoms with van der Waals surface area (Å²) in [6.07, 6.45) is 1.39. The van der Waals surface area contributed by atoms with E-state index in [1.54, 1.807) is 0 Å². The minimum atomic E-state index is -0.705. The molecule has 94 valence electrons. The SMILES string of the molecule is Cl.O=C(O)CCN1CCC(c2ccccc2)C1. The summed E-state index contributed by atoms with van der Waals surface area (Å²) in [7, 11) is 0. The van der Waals surface area contributed by atoms with Crippen molar-refractivity contribution in [3.63, 3.8) is 0 Å². The molecule has 4 heteroatoms. The van der Waals surface area contributed by atoms with Crippen LogP contribution in [0.15, 0.2) is 30.3 Å². The Balaban J connectivity index is 0.00000144. The number of halogens is 1. The summed E-state index contributed by atoms with van der Waals surface area (Å²) < 4.78 is 0. The molecule has 1 atom stereocenters. The summed E-state index contributed by atoms with van der Waals surface area (Å²) in [6, 6.07) is 10.5. The lowest BCUT2D eigenvalue weighted by Crippen LogP contribution is -2.23. The average molecular weight is 256 g/mol. The van der Waals surface area contributed by atoms with Crippen LogP contribution in [0.3, 0.4) is 0 Å². The molecule has 2 rings (SSSR count). The molecule has 0 aromatic heterocycles. The molecule has 1 N–H and O–H groups in total. The summed E-state index contributed by atoms with van der Waals surface area (Å²) in [6.45, 7) is 2.70. The fourth-order valence-electron chi connectivity index (χ4n) is 2.29. The number of hydrogen-bond acceptors (Lipinski definition) is 2. The first kappa shape index (κ1) is 14.0. The van der Waals surface area contributed by atoms with Crippen molar-refractivity contribution in [1.82, 2.24) is 4.90 Å². The number of rotatable bonds is 4. The van der Waals surface area contributed by atoms with Gasteiger partial charge in [0.25, 0.3) is 0 Å². The smallest absolute Gasteiger partial charge is 0.304 e. The molecule has 0 amide bonds. The monoisotopic (exact) mass is 255 g/mol. The minimum Gasteiger partial charge on any atom is -0.481 e. The number of benzene rings is 1. The maximum absolute atomic E-state index is 10.5. The van der Waals surface area contributed by atoms with E-state index in [0.717, 1.165) is 19.5 Å². The first-order valence-electron chi connectivity index (χ1n) is 5.75. The second-order valence-corrected chi connectivity index (χ2v) is 4.34. The third kappa shape index (κ3) is 4.02. The van der Waals surface area contributed by atoms with E-state index in [-0.39, 0.29) is 18.8 Å². The highest BCUT2D eigenvalue weighted by Gasteiger charge is 2.23. The molecule has 3 nitrogen and oxygen atoms in total. The van der Waals surface area contributed by atoms with Gasteiger partial charge in [0.1, 0.15) is 0 Å². The van der Waals surface area contributed by atoms with Crippen LogP contribution in [-0.2, 0) is 4.79 Å². The number of carboxylic acid groups (broad SMARTS) is 1. The Hall–Kier alpha value is -1.06. The Morgan fingerprint density at radius 3 is 2.71 bits per heavy atom. The number of likely N-dealkylation sites (tertiary alicyclic amines) is 1. The van der Waals surface area contributed by atoms with Crippen molar-refractivity contribution in [1.29, 1.82) is 0 Å². The van der Waals surface area contributed by atoms with E-state index >= 15 is 0 Å². The zero-order valence-corrected chi connectivity index (χ0v) is 10.5. The van der Waals surface area contributed by atoms with E-state index in [1.807, 2.05) is 6.07 Å². The number of aliphatic carboxylic acids is 1. The zero-order valence-electron chi connectivity index (χ0n) is 9.71. The van der Waals surface area contributed by atoms with Crippen molar-refractivity contribution in [2.45, 2.75) is 18.8 Å². The molecule has 0 radical (unpaired) electrons. The Labute approximate surface area is 108 Å². The van der Waals surface area contributed by atoms with Gasteiger partial charge < -0.3 is 10.0 Å². The summed E-state index contributed by atoms with van der Waals surface area (Å²) in [5.74, 6) is -0.127. The van der Waals surface area contributed by atoms with Gasteiger partial charge in [-0.15, -0.1) is 12.4 Å². The molecular formula is C13H18ClNO2. The predicted octanol–water partition coefficient (Wildman–Crippen LogP) is 2.37. The normalized spacial score (nSPS) is 19.9. The van der Waals surface area contributed by atoms with E-state index < -0.39 is 5.97 Å². The van der Waals surface area contributed by atoms with Gasteiger partial charge in [-0.2, -0.15) is 0 Å². The van der Waals surface area contributed by atoms with E-state index in [1.165, 1.54) is 5.56 Å². The topological polar surface area (TPSA) is 40.5 Å². The van der Waals surface area contributed by atoms with Crippen LogP contribution in [0.1, 0.15) is 24.3 Å². The van der Waals surface area contributed by atoms with Crippen LogP contribution < -0.4 is 0 Å². The zero-order chi connectivity index (χ0) is 11.4. The number of nitrogens with zero attached hydrogens (tertiary/aromatic N) is 1. The van der Waals surface area contributed by atoms with Gasteiger partial charge >= 0.3 is 5.97 Å². The molecule has 0 saturated carbocycles. The molecule has 1 saturated heterocycles. The van der Waals surface area contributed by atoms with Crippen LogP contribution in [-0.4, -0.2) is 35.6 Å². The molecule has 1 aliphatic heterocycles. The molecule has 0 bridgehead atoms. The van der Waals surface area contributed by atoms with Gasteiger partial charge in [-0.25, -0.2) is 0 Å². The first-order valence-corrected chi connectivity index (χ1v) is 5.75. The lowest BCUT2D eigenvalue weighted by Gasteiger charge is -2.14. The van der Waals surface area contributed by atoms with Crippen molar-refractivity contribution in [3.05, 3.63) is 35.9 Å². The van der Waals surface area contributed by atoms with E-state index in [2.05, 4.69) is 29.2 Å². The first-order chi connectivity index (χ1) is 7.75. The van der Waals surface area contributed by atoms with Crippen LogP contribution in [0.4, 0.5) is 0 Å². The van der Waals surface area contributed by atoms with Gasteiger partial charge in [-0.1, -0.05) is 30.3 Å². The third-order valence-electron chi connectivity index (χ3n) is 3.19. The standard InChI is InChI=1S/C13H17NO2.ClH/c15-13(16)7-9-14-8-6-12(10-14)11-4-2-1-3-5-11;/h1-5,12H,6-10H2,(H,15,16);1H. The van der Waals surface area contributed by atoms with E-state index in [4.69, 9.17) is 5.11 Å². The molecule has 1 aliphatic rings. The van der Waals surface area contributed by atoms with Crippen LogP contribution in [0.2, 0.25) is 0 Å². The van der Waals surface area contributed by atoms with Crippen molar-refractivity contribution in [3.8, 4) is 0 Å². The van der Waals surface area contributed by atoms with Gasteiger partial charge in [0.15, 0.2) is 0 Å². The Morgan fingerprint density at radius 2 is 2.06 bits per heavy atom. The summed E-state index contributed by atoms with van der Waals surface area (Å²) in [4.78, 5) is 12.7. The van der Waals surface area contributed by atoms with Gasteiger partial charge in [-0.05, 0) is 24.4 Å². The lowest BCUT2D eigenvalue weighted by molar-refractivity contribution is -0.137. The van der Waals surface area contributed by atoms with Gasteiger partial charge in [0.05, 0.1) is 6.42 Å². The van der Waals surface area contributed by atoms with Crippen LogP contribution >= 0.6 is 12.4 Å². The van der Waals surface area contributed by atoms with E-state index in [9.17, 15) is 4.79 Å². The summed E-state index contributed by atoms with van der Waals surface area (Å²) >= 11 is 0. The lowest BCUT2D eigenvalue weighted by atomic mass is 9.99. The molecule has 1 fully saturated rings. The van der Waals surface area contributed by atoms with Gasteiger partial charge in [0, 0.05) is 13.1 Å². The molecule has 17 heavy (non-hydrogen) atoms. The number of carboxylic acids is 1. The highest BCUT2D eigenvalue weighted by Crippen LogP contribution is 2.26. The van der Waals surface area contributed by atoms with Crippen LogP contribution in [0.5, 0.6) is 0 Å². The van der Waals surface area contributed by atoms with Gasteiger partial charge in [-0.3, -0.25) is 4.79 Å². The molecular weight excluding hydrogens is 238 g/mol. The second kappa shape index (κ2) is 6.62. The molecule has 1 unspecified atom stereocenters. The van der Waals surface area contributed by atoms with Crippen molar-refractivity contribution < 1.29 is 9.90 Å². The maximum atomic E-state index is 10.5. The summed E-state index contributed by atoms with van der Waals surface area (Å²) in [5, 5.41) is 8.63. The van der Waals surface area contributed by atoms with Crippen molar-refractivity contribution in [2.75, 3.05) is 19.6 Å². The Kier molecular flexibility index (Phi) is 5.45.